The first kappa shape index (κ1) is 13.8. The van der Waals surface area contributed by atoms with E-state index in [1.54, 1.807) is 18.4 Å². The average molecular weight is 278 g/mol. The van der Waals surface area contributed by atoms with Gasteiger partial charge in [0.1, 0.15) is 17.4 Å². The highest BCUT2D eigenvalue weighted by molar-refractivity contribution is 7.09. The fourth-order valence-corrected chi connectivity index (χ4v) is 2.32. The van der Waals surface area contributed by atoms with Crippen molar-refractivity contribution in [3.63, 3.8) is 0 Å². The fourth-order valence-electron chi connectivity index (χ4n) is 1.68. The summed E-state index contributed by atoms with van der Waals surface area (Å²) < 4.78 is 10.5. The van der Waals surface area contributed by atoms with E-state index in [-0.39, 0.29) is 6.04 Å². The Labute approximate surface area is 117 Å². The van der Waals surface area contributed by atoms with Crippen molar-refractivity contribution in [3.8, 4) is 5.75 Å². The minimum Gasteiger partial charge on any atom is -0.491 e. The highest BCUT2D eigenvalue weighted by Gasteiger charge is 2.07. The molecule has 1 aromatic carbocycles. The molecule has 0 radical (unpaired) electrons. The molecule has 2 rings (SSSR count). The summed E-state index contributed by atoms with van der Waals surface area (Å²) >= 11 is 1.65. The number of nitrogens with one attached hydrogen (secondary N) is 1. The van der Waals surface area contributed by atoms with Crippen LogP contribution >= 0.6 is 11.3 Å². The molecule has 0 fully saturated rings. The van der Waals surface area contributed by atoms with Crippen LogP contribution in [0.3, 0.4) is 0 Å². The van der Waals surface area contributed by atoms with E-state index in [2.05, 4.69) is 17.2 Å². The second-order valence-electron chi connectivity index (χ2n) is 4.11. The molecule has 0 saturated heterocycles. The molecule has 1 atom stereocenters. The van der Waals surface area contributed by atoms with E-state index in [1.807, 2.05) is 35.8 Å². The van der Waals surface area contributed by atoms with Gasteiger partial charge in [-0.1, -0.05) is 6.07 Å². The van der Waals surface area contributed by atoms with Gasteiger partial charge in [-0.2, -0.15) is 0 Å². The van der Waals surface area contributed by atoms with Crippen molar-refractivity contribution < 1.29 is 9.47 Å². The molecule has 1 aromatic heterocycles. The predicted molar refractivity (Wildman–Crippen MR) is 78.0 cm³/mol. The van der Waals surface area contributed by atoms with Gasteiger partial charge in [-0.05, 0) is 19.1 Å². The lowest BCUT2D eigenvalue weighted by Crippen LogP contribution is -2.07. The van der Waals surface area contributed by atoms with Gasteiger partial charge in [0, 0.05) is 30.4 Å². The van der Waals surface area contributed by atoms with Crippen LogP contribution in [0.15, 0.2) is 35.8 Å². The van der Waals surface area contributed by atoms with Gasteiger partial charge in [0.2, 0.25) is 0 Å². The van der Waals surface area contributed by atoms with Gasteiger partial charge in [-0.25, -0.2) is 4.98 Å². The number of thiazole rings is 1. The molecule has 0 saturated carbocycles. The Bertz CT molecular complexity index is 488. The second kappa shape index (κ2) is 7.11. The summed E-state index contributed by atoms with van der Waals surface area (Å²) in [6.07, 6.45) is 1.82. The van der Waals surface area contributed by atoms with Gasteiger partial charge in [0.15, 0.2) is 0 Å². The van der Waals surface area contributed by atoms with E-state index >= 15 is 0 Å². The van der Waals surface area contributed by atoms with Crippen LogP contribution in [0.1, 0.15) is 18.0 Å². The maximum absolute atomic E-state index is 5.58. The molecule has 0 aliphatic heterocycles. The zero-order valence-corrected chi connectivity index (χ0v) is 11.9. The number of nitrogens with zero attached hydrogens (tertiary/aromatic N) is 1. The third-order valence-electron chi connectivity index (χ3n) is 2.60. The van der Waals surface area contributed by atoms with Crippen molar-refractivity contribution in [3.05, 3.63) is 40.8 Å². The average Bonchev–Trinajstić information content (AvgIpc) is 2.93. The second-order valence-corrected chi connectivity index (χ2v) is 5.03. The number of hydrogen-bond acceptors (Lipinski definition) is 5. The Morgan fingerprint density at radius 2 is 2.26 bits per heavy atom. The Kier molecular flexibility index (Phi) is 5.18. The number of methoxy groups -OCH3 is 1. The molecule has 0 amide bonds. The molecule has 0 spiro atoms. The Balaban J connectivity index is 1.95. The Morgan fingerprint density at radius 3 is 3.00 bits per heavy atom. The zero-order chi connectivity index (χ0) is 13.5. The minimum atomic E-state index is 0.189. The molecule has 1 heterocycles. The first-order valence-electron chi connectivity index (χ1n) is 6.17. The summed E-state index contributed by atoms with van der Waals surface area (Å²) in [6.45, 7) is 3.24. The summed E-state index contributed by atoms with van der Waals surface area (Å²) in [5.74, 6) is 0.841. The summed E-state index contributed by atoms with van der Waals surface area (Å²) in [5.41, 5.74) is 1.03. The first-order valence-corrected chi connectivity index (χ1v) is 7.05. The van der Waals surface area contributed by atoms with Crippen molar-refractivity contribution in [2.24, 2.45) is 0 Å². The molecule has 1 N–H and O–H groups in total. The van der Waals surface area contributed by atoms with E-state index in [1.165, 1.54) is 0 Å². The van der Waals surface area contributed by atoms with Gasteiger partial charge < -0.3 is 14.8 Å². The van der Waals surface area contributed by atoms with Crippen LogP contribution in [0.5, 0.6) is 5.75 Å². The fraction of sp³-hybridized carbons (Fsp3) is 0.357. The Morgan fingerprint density at radius 1 is 1.37 bits per heavy atom. The van der Waals surface area contributed by atoms with Gasteiger partial charge >= 0.3 is 0 Å². The number of aromatic nitrogens is 1. The quantitative estimate of drug-likeness (QED) is 0.789. The first-order chi connectivity index (χ1) is 9.29. The maximum atomic E-state index is 5.58. The maximum Gasteiger partial charge on any atom is 0.121 e. The molecule has 5 heteroatoms. The summed E-state index contributed by atoms with van der Waals surface area (Å²) in [6, 6.07) is 8.11. The molecule has 4 nitrogen and oxygen atoms in total. The predicted octanol–water partition coefficient (Wildman–Crippen LogP) is 3.34. The standard InChI is InChI=1S/C14H18N2O2S/c1-11(14-15-6-9-19-14)16-12-4-3-5-13(10-12)18-8-7-17-2/h3-6,9-11,16H,7-8H2,1-2H3. The van der Waals surface area contributed by atoms with Crippen molar-refractivity contribution in [2.45, 2.75) is 13.0 Å². The highest BCUT2D eigenvalue weighted by Crippen LogP contribution is 2.23. The van der Waals surface area contributed by atoms with E-state index in [4.69, 9.17) is 9.47 Å². The van der Waals surface area contributed by atoms with Crippen LogP contribution in [-0.2, 0) is 4.74 Å². The van der Waals surface area contributed by atoms with Crippen molar-refractivity contribution in [1.82, 2.24) is 4.98 Å². The van der Waals surface area contributed by atoms with Crippen LogP contribution < -0.4 is 10.1 Å². The molecular weight excluding hydrogens is 260 g/mol. The van der Waals surface area contributed by atoms with Crippen LogP contribution in [0.4, 0.5) is 5.69 Å². The molecule has 102 valence electrons. The molecule has 19 heavy (non-hydrogen) atoms. The van der Waals surface area contributed by atoms with E-state index in [0.29, 0.717) is 13.2 Å². The van der Waals surface area contributed by atoms with Crippen LogP contribution in [0.25, 0.3) is 0 Å². The lowest BCUT2D eigenvalue weighted by molar-refractivity contribution is 0.146. The van der Waals surface area contributed by atoms with Crippen molar-refractivity contribution in [2.75, 3.05) is 25.6 Å². The van der Waals surface area contributed by atoms with Crippen molar-refractivity contribution >= 4 is 17.0 Å². The highest BCUT2D eigenvalue weighted by atomic mass is 32.1. The molecule has 0 aliphatic rings. The van der Waals surface area contributed by atoms with Gasteiger partial charge in [-0.3, -0.25) is 0 Å². The summed E-state index contributed by atoms with van der Waals surface area (Å²) in [7, 11) is 1.66. The van der Waals surface area contributed by atoms with Crippen molar-refractivity contribution in [1.29, 1.82) is 0 Å². The molecule has 0 bridgehead atoms. The van der Waals surface area contributed by atoms with Crippen LogP contribution in [0, 0.1) is 0 Å². The van der Waals surface area contributed by atoms with E-state index in [9.17, 15) is 0 Å². The summed E-state index contributed by atoms with van der Waals surface area (Å²) in [5, 5.41) is 6.47. The van der Waals surface area contributed by atoms with Crippen LogP contribution in [-0.4, -0.2) is 25.3 Å². The van der Waals surface area contributed by atoms with Gasteiger partial charge in [-0.15, -0.1) is 11.3 Å². The zero-order valence-electron chi connectivity index (χ0n) is 11.1. The SMILES string of the molecule is COCCOc1cccc(NC(C)c2nccs2)c1. The molecule has 2 aromatic rings. The van der Waals surface area contributed by atoms with E-state index < -0.39 is 0 Å². The van der Waals surface area contributed by atoms with Gasteiger partial charge in [0.25, 0.3) is 0 Å². The lowest BCUT2D eigenvalue weighted by atomic mass is 10.2. The smallest absolute Gasteiger partial charge is 0.121 e. The number of anilines is 1. The van der Waals surface area contributed by atoms with Gasteiger partial charge in [0.05, 0.1) is 12.6 Å². The monoisotopic (exact) mass is 278 g/mol. The minimum absolute atomic E-state index is 0.189. The topological polar surface area (TPSA) is 43.4 Å². The Hall–Kier alpha value is -1.59. The summed E-state index contributed by atoms with van der Waals surface area (Å²) in [4.78, 5) is 4.30. The number of hydrogen-bond donors (Lipinski definition) is 1. The number of rotatable bonds is 7. The molecule has 1 unspecified atom stereocenters. The number of ether oxygens (including phenoxy) is 2. The largest absolute Gasteiger partial charge is 0.491 e. The lowest BCUT2D eigenvalue weighted by Gasteiger charge is -2.14. The number of benzene rings is 1. The van der Waals surface area contributed by atoms with Crippen LogP contribution in [0.2, 0.25) is 0 Å². The normalized spacial score (nSPS) is 12.1. The third kappa shape index (κ3) is 4.22. The molecule has 0 aliphatic carbocycles. The third-order valence-corrected chi connectivity index (χ3v) is 3.55. The molecular formula is C14H18N2O2S. The van der Waals surface area contributed by atoms with E-state index in [0.717, 1.165) is 16.4 Å².